The van der Waals surface area contributed by atoms with Gasteiger partial charge < -0.3 is 55.1 Å². The van der Waals surface area contributed by atoms with Crippen LogP contribution in [0.5, 0.6) is 57.5 Å². The van der Waals surface area contributed by atoms with Crippen LogP contribution < -0.4 is 19.3 Å². The third-order valence-electron chi connectivity index (χ3n) is 7.45. The Labute approximate surface area is 376 Å². The lowest BCUT2D eigenvalue weighted by Crippen LogP contribution is -2.24. The molecule has 5 aromatic rings. The van der Waals surface area contributed by atoms with Crippen LogP contribution in [0, 0.1) is 18.6 Å². The zero-order valence-corrected chi connectivity index (χ0v) is 34.3. The first-order chi connectivity index (χ1) is 32.0. The van der Waals surface area contributed by atoms with Crippen molar-refractivity contribution in [3.8, 4) is 70.3 Å². The maximum Gasteiger partial charge on any atom is 0.614 e. The summed E-state index contributed by atoms with van der Waals surface area (Å²) in [5.41, 5.74) is -1.11. The van der Waals surface area contributed by atoms with Gasteiger partial charge in [-0.3, -0.25) is 18.4 Å². The summed E-state index contributed by atoms with van der Waals surface area (Å²) < 4.78 is 59.1. The summed E-state index contributed by atoms with van der Waals surface area (Å²) in [5, 5.41) is 76.0. The molecule has 67 heavy (non-hydrogen) atoms. The third kappa shape index (κ3) is 15.8. The van der Waals surface area contributed by atoms with Gasteiger partial charge in [0.1, 0.15) is 52.7 Å². The highest BCUT2D eigenvalue weighted by molar-refractivity contribution is 6.48. The van der Waals surface area contributed by atoms with Gasteiger partial charge in [-0.1, -0.05) is 12.1 Å². The fourth-order valence-electron chi connectivity index (χ4n) is 5.01. The highest BCUT2D eigenvalue weighted by atomic mass is 19.1. The maximum atomic E-state index is 14.4. The monoisotopic (exact) mass is 928 g/mol. The summed E-state index contributed by atoms with van der Waals surface area (Å²) in [7, 11) is 0. The predicted molar refractivity (Wildman–Crippen MR) is 223 cm³/mol. The lowest BCUT2D eigenvalue weighted by atomic mass is 10.1. The Bertz CT molecular complexity index is 2880. The SMILES string of the molecule is CC(=O)O.CC(=O)Oc1cc([O-])cc(C(=O)[O+]=C2C(F)=CC=CC2=[O+]C(=O)c2cc(O)cc(O)c2)c1.O=C(Oc1cccc(F)c1OC(=O)c1cc(O)cc(O)c1)c1cc(O)cc(O)c1.[2H]C#C. The fraction of sp³-hybridized carbons (Fsp3) is 0.0435. The summed E-state index contributed by atoms with van der Waals surface area (Å²) in [6.07, 6.45) is 9.03. The number of aliphatic carboxylic acids is 1. The highest BCUT2D eigenvalue weighted by Gasteiger charge is 2.35. The number of carboxylic acid groups (broad SMARTS) is 1. The first-order valence-corrected chi connectivity index (χ1v) is 18.1. The molecule has 344 valence electrons. The van der Waals surface area contributed by atoms with Crippen LogP contribution in [0.1, 0.15) is 56.7 Å². The number of halogens is 2. The van der Waals surface area contributed by atoms with Gasteiger partial charge in [-0.15, -0.1) is 18.6 Å². The number of carbonyl (C=O) groups excluding carboxylic acids is 7. The molecule has 0 atom stereocenters. The van der Waals surface area contributed by atoms with Gasteiger partial charge in [0.05, 0.1) is 20.7 Å². The summed E-state index contributed by atoms with van der Waals surface area (Å²) in [6, 6.07) is 15.2. The molecule has 0 radical (unpaired) electrons. The molecule has 0 aliphatic heterocycles. The zero-order chi connectivity index (χ0) is 50.8. The number of hydrogen-bond acceptors (Lipinski definition) is 16. The standard InChI is InChI=1S/C22H13FO9.C20H13FO8.C2H4O2.C2H2/c1-11(24)30-17-8-13(7-16(27)10-17)22(29)32-20-18(23)3-2-4-19(20)31-21(28)12-5-14(25)9-15(26)6-12;21-16-2-1-3-17(28-19(26)10-4-12(22)8-13(23)5-10)18(16)29-20(27)11-6-14(24)9-15(25)7-11;1-2(3)4;1-2/h2-10H,1H3,(H-2,25,26,27);1-9,22-25H;1H3,(H,3,4);1-2H/p+1/i;;;1D. The smallest absolute Gasteiger partial charge is 0.614 e. The van der Waals surface area contributed by atoms with Crippen molar-refractivity contribution in [3.63, 3.8) is 0 Å². The molecule has 0 saturated carbocycles. The summed E-state index contributed by atoms with van der Waals surface area (Å²) in [4.78, 5) is 69.4. The van der Waals surface area contributed by atoms with Crippen LogP contribution in [0.4, 0.5) is 8.78 Å². The molecule has 0 heterocycles. The van der Waals surface area contributed by atoms with Crippen molar-refractivity contribution in [3.05, 3.63) is 143 Å². The lowest BCUT2D eigenvalue weighted by Gasteiger charge is -2.12. The van der Waals surface area contributed by atoms with Crippen LogP contribution in [0.2, 0.25) is 0 Å². The Morgan fingerprint density at radius 3 is 1.58 bits per heavy atom. The van der Waals surface area contributed by atoms with Gasteiger partial charge in [0.25, 0.3) is 5.97 Å². The summed E-state index contributed by atoms with van der Waals surface area (Å²) in [6.45, 7) is 2.18. The van der Waals surface area contributed by atoms with Gasteiger partial charge in [0.2, 0.25) is 11.6 Å². The van der Waals surface area contributed by atoms with E-state index in [9.17, 15) is 68.5 Å². The van der Waals surface area contributed by atoms with E-state index in [0.29, 0.717) is 0 Å². The van der Waals surface area contributed by atoms with E-state index in [4.69, 9.17) is 34.3 Å². The number of allylic oxidation sites excluding steroid dienone is 4. The Kier molecular flexibility index (Phi) is 17.5. The van der Waals surface area contributed by atoms with E-state index in [2.05, 4.69) is 6.42 Å². The molecule has 0 bridgehead atoms. The Morgan fingerprint density at radius 1 is 0.642 bits per heavy atom. The largest absolute Gasteiger partial charge is 0.872 e. The van der Waals surface area contributed by atoms with Gasteiger partial charge in [-0.25, -0.2) is 14.0 Å². The predicted octanol–water partition coefficient (Wildman–Crippen LogP) is 5.14. The van der Waals surface area contributed by atoms with E-state index in [1.165, 1.54) is 18.5 Å². The molecule has 0 aromatic heterocycles. The topological polar surface area (TPSA) is 317 Å². The number of benzene rings is 5. The van der Waals surface area contributed by atoms with Gasteiger partial charge in [-0.05, 0) is 54.6 Å². The lowest BCUT2D eigenvalue weighted by molar-refractivity contribution is -0.360. The van der Waals surface area contributed by atoms with Crippen molar-refractivity contribution >= 4 is 47.4 Å². The number of phenolic OH excluding ortho intramolecular Hbond substituents is 6. The first kappa shape index (κ1) is 49.8. The molecule has 5 aromatic carbocycles. The molecule has 19 nitrogen and oxygen atoms in total. The molecule has 0 fully saturated rings. The number of carbonyl (C=O) groups is 6. The number of esters is 3. The second kappa shape index (κ2) is 23.6. The number of aromatic hydroxyl groups is 6. The Morgan fingerprint density at radius 2 is 1.09 bits per heavy atom. The highest BCUT2D eigenvalue weighted by Crippen LogP contribution is 2.33. The van der Waals surface area contributed by atoms with Crippen molar-refractivity contribution in [1.29, 1.82) is 0 Å². The molecule has 1 aliphatic rings. The van der Waals surface area contributed by atoms with Crippen LogP contribution in [-0.4, -0.2) is 83.1 Å². The minimum absolute atomic E-state index is 0.208. The van der Waals surface area contributed by atoms with E-state index in [1.807, 2.05) is 0 Å². The van der Waals surface area contributed by atoms with Crippen molar-refractivity contribution in [2.75, 3.05) is 0 Å². The molecule has 0 spiro atoms. The third-order valence-corrected chi connectivity index (χ3v) is 7.45. The van der Waals surface area contributed by atoms with E-state index in [0.717, 1.165) is 111 Å². The van der Waals surface area contributed by atoms with Crippen LogP contribution >= 0.6 is 0 Å². The minimum atomic E-state index is -1.19. The van der Waals surface area contributed by atoms with E-state index >= 15 is 0 Å². The second-order valence-corrected chi connectivity index (χ2v) is 12.7. The molecular weight excluding hydrogens is 894 g/mol. The molecule has 6 rings (SSSR count). The number of hydrogen-bond donors (Lipinski definition) is 7. The average molecular weight is 929 g/mol. The average Bonchev–Trinajstić information content (AvgIpc) is 3.22. The fourth-order valence-corrected chi connectivity index (χ4v) is 5.01. The molecule has 1 aliphatic carbocycles. The van der Waals surface area contributed by atoms with Gasteiger partial charge in [0.15, 0.2) is 11.6 Å². The Hall–Kier alpha value is -9.84. The van der Waals surface area contributed by atoms with E-state index in [1.54, 1.807) is 0 Å². The van der Waals surface area contributed by atoms with Crippen molar-refractivity contribution in [2.45, 2.75) is 13.8 Å². The summed E-state index contributed by atoms with van der Waals surface area (Å²) in [5.74, 6) is -13.8. The quantitative estimate of drug-likeness (QED) is 0.0277. The molecule has 0 unspecified atom stereocenters. The van der Waals surface area contributed by atoms with Gasteiger partial charge in [0, 0.05) is 56.3 Å². The van der Waals surface area contributed by atoms with Crippen molar-refractivity contribution < 1.29 is 103 Å². The van der Waals surface area contributed by atoms with Gasteiger partial charge in [-0.2, -0.15) is 4.39 Å². The van der Waals surface area contributed by atoms with Crippen LogP contribution in [0.3, 0.4) is 0 Å². The Balaban J connectivity index is 0.000000318. The van der Waals surface area contributed by atoms with Crippen LogP contribution in [0.15, 0.2) is 115 Å². The molecular formula is C46H33F2O19+. The first-order valence-electron chi connectivity index (χ1n) is 18.6. The normalized spacial score (nSPS) is 12.4. The number of rotatable bonds is 7. The number of ether oxygens (including phenoxy) is 3. The van der Waals surface area contributed by atoms with E-state index in [-0.39, 0.29) is 28.0 Å². The summed E-state index contributed by atoms with van der Waals surface area (Å²) >= 11 is 0. The van der Waals surface area contributed by atoms with Crippen molar-refractivity contribution in [1.82, 2.24) is 0 Å². The number of ketones is 2. The minimum Gasteiger partial charge on any atom is -0.872 e. The number of para-hydroxylation sites is 1. The van der Waals surface area contributed by atoms with Crippen LogP contribution in [-0.2, 0) is 18.4 Å². The van der Waals surface area contributed by atoms with E-state index < -0.39 is 111 Å². The molecule has 21 heteroatoms. The zero-order valence-electron chi connectivity index (χ0n) is 35.3. The maximum absolute atomic E-state index is 14.4. The molecule has 0 saturated heterocycles. The second-order valence-electron chi connectivity index (χ2n) is 12.7. The molecule has 7 N–H and O–H groups in total. The van der Waals surface area contributed by atoms with Gasteiger partial charge >= 0.3 is 41.4 Å². The number of phenols is 6. The van der Waals surface area contributed by atoms with Crippen molar-refractivity contribution in [2.24, 2.45) is 0 Å². The van der Waals surface area contributed by atoms with Crippen LogP contribution in [0.25, 0.3) is 0 Å². The molecule has 0 amide bonds. The number of carboxylic acids is 1. The number of terminal acetylenes is 1.